The molecular formula is C19H20N2. The minimum Gasteiger partial charge on any atom is -0.303 e. The lowest BCUT2D eigenvalue weighted by Crippen LogP contribution is -2.24. The molecule has 1 N–H and O–H groups in total. The Bertz CT molecular complexity index is 608. The van der Waals surface area contributed by atoms with Gasteiger partial charge < -0.3 is 5.32 Å². The van der Waals surface area contributed by atoms with Crippen LogP contribution in [0.4, 0.5) is 0 Å². The highest BCUT2D eigenvalue weighted by molar-refractivity contribution is 5.33. The van der Waals surface area contributed by atoms with Crippen molar-refractivity contribution >= 4 is 0 Å². The molecule has 0 aliphatic carbocycles. The van der Waals surface area contributed by atoms with Gasteiger partial charge in [0.25, 0.3) is 0 Å². The zero-order valence-electron chi connectivity index (χ0n) is 12.3. The molecule has 0 heterocycles. The number of benzene rings is 2. The van der Waals surface area contributed by atoms with Crippen LogP contribution in [0.5, 0.6) is 0 Å². The fraction of sp³-hybridized carbons (Fsp3) is 0.211. The maximum absolute atomic E-state index is 8.88. The van der Waals surface area contributed by atoms with Gasteiger partial charge in [0.2, 0.25) is 0 Å². The van der Waals surface area contributed by atoms with Crippen molar-refractivity contribution in [3.8, 4) is 6.07 Å². The van der Waals surface area contributed by atoms with Crippen LogP contribution in [-0.4, -0.2) is 0 Å². The van der Waals surface area contributed by atoms with E-state index in [1.807, 2.05) is 36.4 Å². The summed E-state index contributed by atoms with van der Waals surface area (Å²) in [7, 11) is 0. The third-order valence-corrected chi connectivity index (χ3v) is 3.60. The van der Waals surface area contributed by atoms with E-state index in [4.69, 9.17) is 5.26 Å². The quantitative estimate of drug-likeness (QED) is 0.787. The van der Waals surface area contributed by atoms with E-state index in [1.54, 1.807) is 0 Å². The summed E-state index contributed by atoms with van der Waals surface area (Å²) in [6.07, 6.45) is 2.77. The van der Waals surface area contributed by atoms with Gasteiger partial charge in [-0.05, 0) is 36.6 Å². The summed E-state index contributed by atoms with van der Waals surface area (Å²) in [4.78, 5) is 0. The van der Waals surface area contributed by atoms with Gasteiger partial charge in [0, 0.05) is 12.1 Å². The average Bonchev–Trinajstić information content (AvgIpc) is 2.55. The van der Waals surface area contributed by atoms with Crippen molar-refractivity contribution in [1.82, 2.24) is 5.32 Å². The first-order valence-corrected chi connectivity index (χ1v) is 7.16. The fourth-order valence-electron chi connectivity index (χ4n) is 2.40. The second-order valence-corrected chi connectivity index (χ2v) is 5.11. The Morgan fingerprint density at radius 3 is 2.33 bits per heavy atom. The van der Waals surface area contributed by atoms with E-state index in [9.17, 15) is 0 Å². The Morgan fingerprint density at radius 1 is 1.10 bits per heavy atom. The van der Waals surface area contributed by atoms with Crippen LogP contribution in [0.15, 0.2) is 67.3 Å². The Balaban J connectivity index is 2.15. The van der Waals surface area contributed by atoms with Gasteiger partial charge in [-0.25, -0.2) is 0 Å². The van der Waals surface area contributed by atoms with E-state index in [-0.39, 0.29) is 12.1 Å². The van der Waals surface area contributed by atoms with Crippen LogP contribution in [0, 0.1) is 11.3 Å². The van der Waals surface area contributed by atoms with Gasteiger partial charge in [-0.2, -0.15) is 5.26 Å². The number of nitriles is 1. The van der Waals surface area contributed by atoms with Gasteiger partial charge in [0.1, 0.15) is 0 Å². The van der Waals surface area contributed by atoms with Crippen LogP contribution in [0.25, 0.3) is 0 Å². The second kappa shape index (κ2) is 7.42. The first kappa shape index (κ1) is 15.0. The van der Waals surface area contributed by atoms with Crippen LogP contribution in [0.3, 0.4) is 0 Å². The molecule has 0 spiro atoms. The molecule has 0 saturated heterocycles. The molecule has 2 aromatic carbocycles. The van der Waals surface area contributed by atoms with Crippen LogP contribution < -0.4 is 5.32 Å². The second-order valence-electron chi connectivity index (χ2n) is 5.11. The Kier molecular flexibility index (Phi) is 5.31. The zero-order valence-corrected chi connectivity index (χ0v) is 12.3. The Hall–Kier alpha value is -2.37. The van der Waals surface area contributed by atoms with Crippen molar-refractivity contribution in [3.05, 3.63) is 83.9 Å². The summed E-state index contributed by atoms with van der Waals surface area (Å²) in [6, 6.07) is 20.7. The standard InChI is InChI=1S/C19H20N2/c1-3-7-19(18-12-10-16(14-20)11-13-18)21-15(2)17-8-5-4-6-9-17/h3-6,8-13,15,19,21H,1,7H2,2H3/t15-,19-/m1/s1. The molecule has 0 amide bonds. The zero-order chi connectivity index (χ0) is 15.1. The highest BCUT2D eigenvalue weighted by Crippen LogP contribution is 2.23. The molecule has 2 aromatic rings. The highest BCUT2D eigenvalue weighted by Gasteiger charge is 2.14. The maximum atomic E-state index is 8.88. The predicted octanol–water partition coefficient (Wildman–Crippen LogP) is 4.53. The van der Waals surface area contributed by atoms with E-state index in [0.29, 0.717) is 5.56 Å². The van der Waals surface area contributed by atoms with Gasteiger partial charge in [0.05, 0.1) is 11.6 Å². The number of rotatable bonds is 6. The SMILES string of the molecule is C=CC[C@@H](N[C@H](C)c1ccccc1)c1ccc(C#N)cc1. The molecular weight excluding hydrogens is 256 g/mol. The molecule has 0 bridgehead atoms. The molecule has 0 saturated carbocycles. The van der Waals surface area contributed by atoms with Crippen LogP contribution in [0.1, 0.15) is 42.1 Å². The van der Waals surface area contributed by atoms with Crippen molar-refractivity contribution in [2.45, 2.75) is 25.4 Å². The molecule has 106 valence electrons. The minimum absolute atomic E-state index is 0.199. The molecule has 0 aromatic heterocycles. The summed E-state index contributed by atoms with van der Waals surface area (Å²) in [5, 5.41) is 12.5. The fourth-order valence-corrected chi connectivity index (χ4v) is 2.40. The van der Waals surface area contributed by atoms with Crippen molar-refractivity contribution in [3.63, 3.8) is 0 Å². The lowest BCUT2D eigenvalue weighted by atomic mass is 9.99. The third kappa shape index (κ3) is 4.05. The summed E-state index contributed by atoms with van der Waals surface area (Å²) < 4.78 is 0. The number of hydrogen-bond acceptors (Lipinski definition) is 2. The van der Waals surface area contributed by atoms with Crippen LogP contribution >= 0.6 is 0 Å². The molecule has 21 heavy (non-hydrogen) atoms. The van der Waals surface area contributed by atoms with Gasteiger partial charge in [-0.3, -0.25) is 0 Å². The number of nitrogens with zero attached hydrogens (tertiary/aromatic N) is 1. The topological polar surface area (TPSA) is 35.8 Å². The van der Waals surface area contributed by atoms with E-state index in [1.165, 1.54) is 11.1 Å². The van der Waals surface area contributed by atoms with Crippen LogP contribution in [0.2, 0.25) is 0 Å². The van der Waals surface area contributed by atoms with Gasteiger partial charge in [-0.15, -0.1) is 6.58 Å². The first-order chi connectivity index (χ1) is 10.2. The third-order valence-electron chi connectivity index (χ3n) is 3.60. The van der Waals surface area contributed by atoms with Gasteiger partial charge in [0.15, 0.2) is 0 Å². The van der Waals surface area contributed by atoms with Crippen molar-refractivity contribution in [2.24, 2.45) is 0 Å². The van der Waals surface area contributed by atoms with E-state index in [2.05, 4.69) is 49.2 Å². The summed E-state index contributed by atoms with van der Waals surface area (Å²) in [5.74, 6) is 0. The smallest absolute Gasteiger partial charge is 0.0991 e. The molecule has 2 nitrogen and oxygen atoms in total. The van der Waals surface area contributed by atoms with E-state index in [0.717, 1.165) is 6.42 Å². The molecule has 0 radical (unpaired) electrons. The Morgan fingerprint density at radius 2 is 1.76 bits per heavy atom. The normalized spacial score (nSPS) is 13.1. The summed E-state index contributed by atoms with van der Waals surface area (Å²) in [6.45, 7) is 6.01. The summed E-state index contributed by atoms with van der Waals surface area (Å²) >= 11 is 0. The molecule has 2 rings (SSSR count). The lowest BCUT2D eigenvalue weighted by molar-refractivity contribution is 0.470. The summed E-state index contributed by atoms with van der Waals surface area (Å²) in [5.41, 5.74) is 3.13. The number of hydrogen-bond donors (Lipinski definition) is 1. The largest absolute Gasteiger partial charge is 0.303 e. The van der Waals surface area contributed by atoms with Crippen molar-refractivity contribution < 1.29 is 0 Å². The molecule has 0 aliphatic rings. The van der Waals surface area contributed by atoms with E-state index >= 15 is 0 Å². The van der Waals surface area contributed by atoms with Crippen molar-refractivity contribution in [1.29, 1.82) is 5.26 Å². The molecule has 0 aliphatic heterocycles. The predicted molar refractivity (Wildman–Crippen MR) is 86.7 cm³/mol. The monoisotopic (exact) mass is 276 g/mol. The number of nitrogens with one attached hydrogen (secondary N) is 1. The van der Waals surface area contributed by atoms with Crippen molar-refractivity contribution in [2.75, 3.05) is 0 Å². The van der Waals surface area contributed by atoms with Gasteiger partial charge in [-0.1, -0.05) is 48.5 Å². The van der Waals surface area contributed by atoms with E-state index < -0.39 is 0 Å². The van der Waals surface area contributed by atoms with Crippen LogP contribution in [-0.2, 0) is 0 Å². The molecule has 0 fully saturated rings. The lowest BCUT2D eigenvalue weighted by Gasteiger charge is -2.23. The first-order valence-electron chi connectivity index (χ1n) is 7.16. The van der Waals surface area contributed by atoms with Gasteiger partial charge >= 0.3 is 0 Å². The average molecular weight is 276 g/mol. The molecule has 2 atom stereocenters. The molecule has 2 heteroatoms. The highest BCUT2D eigenvalue weighted by atomic mass is 14.9. The maximum Gasteiger partial charge on any atom is 0.0991 e. The Labute approximate surface area is 126 Å². The minimum atomic E-state index is 0.199. The molecule has 0 unspecified atom stereocenters.